The van der Waals surface area contributed by atoms with Gasteiger partial charge in [-0.1, -0.05) is 30.3 Å². The highest BCUT2D eigenvalue weighted by Gasteiger charge is 2.28. The van der Waals surface area contributed by atoms with Gasteiger partial charge < -0.3 is 20.5 Å². The van der Waals surface area contributed by atoms with Crippen LogP contribution in [0.5, 0.6) is 0 Å². The summed E-state index contributed by atoms with van der Waals surface area (Å²) in [7, 11) is 0. The number of ether oxygens (including phenoxy) is 1. The lowest BCUT2D eigenvalue weighted by Gasteiger charge is -2.32. The van der Waals surface area contributed by atoms with Crippen LogP contribution in [0.3, 0.4) is 0 Å². The van der Waals surface area contributed by atoms with Crippen molar-refractivity contribution in [1.29, 1.82) is 0 Å². The lowest BCUT2D eigenvalue weighted by atomic mass is 9.89. The van der Waals surface area contributed by atoms with E-state index < -0.39 is 5.60 Å². The van der Waals surface area contributed by atoms with Crippen molar-refractivity contribution >= 4 is 17.3 Å². The van der Waals surface area contributed by atoms with Crippen LogP contribution in [0.25, 0.3) is 0 Å². The molecule has 0 radical (unpaired) electrons. The first-order chi connectivity index (χ1) is 13.6. The van der Waals surface area contributed by atoms with E-state index in [0.29, 0.717) is 12.5 Å². The zero-order valence-electron chi connectivity index (χ0n) is 16.7. The summed E-state index contributed by atoms with van der Waals surface area (Å²) in [6.07, 6.45) is 2.31. The second-order valence-corrected chi connectivity index (χ2v) is 8.25. The van der Waals surface area contributed by atoms with Crippen LogP contribution in [-0.4, -0.2) is 37.3 Å². The largest absolute Gasteiger partial charge is 0.383 e. The Morgan fingerprint density at radius 3 is 2.82 bits per heavy atom. The maximum absolute atomic E-state index is 10.7. The number of hydrogen-bond acceptors (Lipinski definition) is 4. The topological polar surface area (TPSA) is 65.9 Å². The van der Waals surface area contributed by atoms with Crippen molar-refractivity contribution in [3.63, 3.8) is 0 Å². The molecule has 152 valence electrons. The van der Waals surface area contributed by atoms with E-state index >= 15 is 0 Å². The predicted molar refractivity (Wildman–Crippen MR) is 116 cm³/mol. The van der Waals surface area contributed by atoms with Crippen molar-refractivity contribution in [1.82, 2.24) is 10.6 Å². The molecular weight excluding hydrogens is 370 g/mol. The number of thiophene rings is 1. The lowest BCUT2D eigenvalue weighted by molar-refractivity contribution is -0.0265. The maximum atomic E-state index is 10.7. The van der Waals surface area contributed by atoms with Gasteiger partial charge in [0.1, 0.15) is 5.60 Å². The summed E-state index contributed by atoms with van der Waals surface area (Å²) in [5, 5.41) is 21.4. The van der Waals surface area contributed by atoms with Crippen LogP contribution >= 0.6 is 11.3 Å². The SMILES string of the molecule is CCNC(=NCC(C)(O)c1ccsc1)NCC1CCCOC1c1ccccc1. The molecule has 0 spiro atoms. The van der Waals surface area contributed by atoms with E-state index in [0.717, 1.165) is 44.1 Å². The highest BCUT2D eigenvalue weighted by molar-refractivity contribution is 7.08. The number of rotatable bonds is 7. The van der Waals surface area contributed by atoms with Crippen molar-refractivity contribution in [3.8, 4) is 0 Å². The van der Waals surface area contributed by atoms with Gasteiger partial charge in [0.25, 0.3) is 0 Å². The summed E-state index contributed by atoms with van der Waals surface area (Å²) < 4.78 is 6.09. The fourth-order valence-corrected chi connectivity index (χ4v) is 4.31. The minimum atomic E-state index is -0.969. The highest BCUT2D eigenvalue weighted by Crippen LogP contribution is 2.33. The molecule has 6 heteroatoms. The number of nitrogens with one attached hydrogen (secondary N) is 2. The van der Waals surface area contributed by atoms with Gasteiger partial charge in [-0.05, 0) is 54.6 Å². The van der Waals surface area contributed by atoms with Gasteiger partial charge >= 0.3 is 0 Å². The Morgan fingerprint density at radius 1 is 1.29 bits per heavy atom. The molecule has 0 aliphatic carbocycles. The van der Waals surface area contributed by atoms with E-state index in [4.69, 9.17) is 4.74 Å². The molecule has 0 amide bonds. The molecule has 3 atom stereocenters. The van der Waals surface area contributed by atoms with E-state index in [-0.39, 0.29) is 6.10 Å². The van der Waals surface area contributed by atoms with Crippen LogP contribution in [0.1, 0.15) is 43.9 Å². The van der Waals surface area contributed by atoms with Gasteiger partial charge in [-0.25, -0.2) is 4.99 Å². The van der Waals surface area contributed by atoms with Crippen molar-refractivity contribution in [2.24, 2.45) is 10.9 Å². The Morgan fingerprint density at radius 2 is 2.11 bits per heavy atom. The molecule has 1 aromatic carbocycles. The normalized spacial score (nSPS) is 22.5. The molecule has 1 aliphatic heterocycles. The zero-order chi connectivity index (χ0) is 19.8. The third kappa shape index (κ3) is 5.56. The van der Waals surface area contributed by atoms with Crippen molar-refractivity contribution in [2.45, 2.75) is 38.4 Å². The van der Waals surface area contributed by atoms with E-state index in [9.17, 15) is 5.11 Å². The Hall–Kier alpha value is -1.89. The smallest absolute Gasteiger partial charge is 0.191 e. The Kier molecular flexibility index (Phi) is 7.48. The second-order valence-electron chi connectivity index (χ2n) is 7.47. The Bertz CT molecular complexity index is 732. The number of guanidine groups is 1. The molecule has 3 rings (SSSR count). The molecule has 1 aliphatic rings. The molecule has 5 nitrogen and oxygen atoms in total. The number of hydrogen-bond donors (Lipinski definition) is 3. The van der Waals surface area contributed by atoms with E-state index in [1.165, 1.54) is 5.56 Å². The molecule has 3 N–H and O–H groups in total. The second kappa shape index (κ2) is 10.0. The first kappa shape index (κ1) is 20.8. The molecule has 1 aromatic heterocycles. The summed E-state index contributed by atoms with van der Waals surface area (Å²) in [5.74, 6) is 1.12. The molecule has 3 unspecified atom stereocenters. The van der Waals surface area contributed by atoms with E-state index in [2.05, 4.69) is 39.9 Å². The van der Waals surface area contributed by atoms with Crippen LogP contribution in [0.2, 0.25) is 0 Å². The quantitative estimate of drug-likeness (QED) is 0.489. The average Bonchev–Trinajstić information content (AvgIpc) is 3.27. The fraction of sp³-hybridized carbons (Fsp3) is 0.500. The van der Waals surface area contributed by atoms with Gasteiger partial charge in [-0.2, -0.15) is 11.3 Å². The van der Waals surface area contributed by atoms with Crippen molar-refractivity contribution in [2.75, 3.05) is 26.2 Å². The van der Waals surface area contributed by atoms with Crippen LogP contribution in [-0.2, 0) is 10.3 Å². The summed E-state index contributed by atoms with van der Waals surface area (Å²) in [6.45, 7) is 6.53. The Balaban J connectivity index is 1.63. The van der Waals surface area contributed by atoms with Crippen LogP contribution in [0.15, 0.2) is 52.2 Å². The van der Waals surface area contributed by atoms with Gasteiger partial charge in [0.15, 0.2) is 5.96 Å². The van der Waals surface area contributed by atoms with E-state index in [1.54, 1.807) is 11.3 Å². The van der Waals surface area contributed by atoms with Crippen LogP contribution in [0.4, 0.5) is 0 Å². The summed E-state index contributed by atoms with van der Waals surface area (Å²) in [6, 6.07) is 12.4. The minimum absolute atomic E-state index is 0.110. The molecule has 2 aromatic rings. The van der Waals surface area contributed by atoms with Gasteiger partial charge in [0, 0.05) is 25.6 Å². The van der Waals surface area contributed by atoms with Crippen LogP contribution in [0, 0.1) is 5.92 Å². The Labute approximate surface area is 171 Å². The standard InChI is InChI=1S/C22H31N3O2S/c1-3-23-21(25-16-22(2,26)19-11-13-28-15-19)24-14-18-10-7-12-27-20(18)17-8-5-4-6-9-17/h4-6,8-9,11,13,15,18,20,26H,3,7,10,12,14,16H2,1-2H3,(H2,23,24,25). The predicted octanol–water partition coefficient (Wildman–Crippen LogP) is 3.68. The zero-order valence-corrected chi connectivity index (χ0v) is 17.5. The molecule has 0 bridgehead atoms. The molecule has 28 heavy (non-hydrogen) atoms. The third-order valence-electron chi connectivity index (χ3n) is 5.14. The first-order valence-electron chi connectivity index (χ1n) is 10.0. The third-order valence-corrected chi connectivity index (χ3v) is 5.82. The summed E-state index contributed by atoms with van der Waals surface area (Å²) >= 11 is 1.58. The molecule has 1 saturated heterocycles. The average molecular weight is 402 g/mol. The van der Waals surface area contributed by atoms with Gasteiger partial charge in [0.2, 0.25) is 0 Å². The van der Waals surface area contributed by atoms with Crippen molar-refractivity contribution in [3.05, 3.63) is 58.3 Å². The van der Waals surface area contributed by atoms with E-state index in [1.807, 2.05) is 36.7 Å². The molecular formula is C22H31N3O2S. The number of aliphatic hydroxyl groups is 1. The fourth-order valence-electron chi connectivity index (χ4n) is 3.53. The summed E-state index contributed by atoms with van der Waals surface area (Å²) in [4.78, 5) is 4.63. The highest BCUT2D eigenvalue weighted by atomic mass is 32.1. The lowest BCUT2D eigenvalue weighted by Crippen LogP contribution is -2.42. The first-order valence-corrected chi connectivity index (χ1v) is 11.0. The number of benzene rings is 1. The maximum Gasteiger partial charge on any atom is 0.191 e. The monoisotopic (exact) mass is 401 g/mol. The minimum Gasteiger partial charge on any atom is -0.383 e. The molecule has 2 heterocycles. The number of nitrogens with zero attached hydrogens (tertiary/aromatic N) is 1. The van der Waals surface area contributed by atoms with Crippen LogP contribution < -0.4 is 10.6 Å². The van der Waals surface area contributed by atoms with Gasteiger partial charge in [-0.3, -0.25) is 0 Å². The molecule has 1 fully saturated rings. The van der Waals surface area contributed by atoms with Gasteiger partial charge in [-0.15, -0.1) is 0 Å². The van der Waals surface area contributed by atoms with Crippen molar-refractivity contribution < 1.29 is 9.84 Å². The number of aliphatic imine (C=N–C) groups is 1. The molecule has 0 saturated carbocycles. The summed E-state index contributed by atoms with van der Waals surface area (Å²) in [5.41, 5.74) is 1.17. The van der Waals surface area contributed by atoms with Gasteiger partial charge in [0.05, 0.1) is 12.6 Å².